The fraction of sp³-hybridized carbons (Fsp3) is 0.462. The molecule has 2 N–H and O–H groups in total. The molecule has 1 aromatic carbocycles. The van der Waals surface area contributed by atoms with Gasteiger partial charge in [0.05, 0.1) is 6.61 Å². The Hall–Kier alpha value is -1.62. The van der Waals surface area contributed by atoms with Crippen molar-refractivity contribution in [2.45, 2.75) is 32.1 Å². The summed E-state index contributed by atoms with van der Waals surface area (Å²) >= 11 is 0. The molecule has 1 aromatic rings. The molecule has 0 radical (unpaired) electrons. The Morgan fingerprint density at radius 3 is 2.78 bits per heavy atom. The van der Waals surface area contributed by atoms with Crippen molar-refractivity contribution in [2.24, 2.45) is 0 Å². The van der Waals surface area contributed by atoms with E-state index in [9.17, 15) is 9.18 Å². The van der Waals surface area contributed by atoms with Gasteiger partial charge in [0.2, 0.25) is 5.91 Å². The molecule has 1 amide bonds. The topological polar surface area (TPSA) is 58.6 Å². The molecule has 0 aliphatic rings. The van der Waals surface area contributed by atoms with Crippen LogP contribution in [-0.4, -0.2) is 17.7 Å². The minimum absolute atomic E-state index is 0.303. The van der Waals surface area contributed by atoms with Gasteiger partial charge in [0, 0.05) is 12.5 Å². The number of ether oxygens (including phenoxy) is 1. The lowest BCUT2D eigenvalue weighted by atomic mass is 10.1. The summed E-state index contributed by atoms with van der Waals surface area (Å²) in [5, 5.41) is 8.27. The van der Waals surface area contributed by atoms with Gasteiger partial charge in [-0.1, -0.05) is 18.9 Å². The zero-order valence-corrected chi connectivity index (χ0v) is 10.2. The van der Waals surface area contributed by atoms with Crippen LogP contribution in [0.5, 0.6) is 5.75 Å². The van der Waals surface area contributed by atoms with Crippen molar-refractivity contribution >= 4 is 5.91 Å². The molecule has 0 atom stereocenters. The first-order chi connectivity index (χ1) is 8.72. The van der Waals surface area contributed by atoms with Crippen LogP contribution in [-0.2, 0) is 4.79 Å². The Morgan fingerprint density at radius 1 is 1.28 bits per heavy atom. The predicted molar refractivity (Wildman–Crippen MR) is 64.9 cm³/mol. The van der Waals surface area contributed by atoms with Crippen LogP contribution in [0.4, 0.5) is 4.39 Å². The highest BCUT2D eigenvalue weighted by Gasteiger charge is 1.99. The smallest absolute Gasteiger partial charge is 0.243 e. The SMILES string of the molecule is O=C(CCCCCCOc1cccc(F)c1)NO. The average molecular weight is 255 g/mol. The summed E-state index contributed by atoms with van der Waals surface area (Å²) in [7, 11) is 0. The van der Waals surface area contributed by atoms with Gasteiger partial charge in [0.1, 0.15) is 11.6 Å². The number of nitrogens with one attached hydrogen (secondary N) is 1. The summed E-state index contributed by atoms with van der Waals surface area (Å²) in [6.45, 7) is 0.537. The molecule has 0 heterocycles. The van der Waals surface area contributed by atoms with E-state index in [4.69, 9.17) is 9.94 Å². The predicted octanol–water partition coefficient (Wildman–Crippen LogP) is 2.66. The number of carbonyl (C=O) groups is 1. The van der Waals surface area contributed by atoms with Crippen LogP contribution in [0, 0.1) is 5.82 Å². The Balaban J connectivity index is 2.00. The number of hydrogen-bond donors (Lipinski definition) is 2. The lowest BCUT2D eigenvalue weighted by Crippen LogP contribution is -2.17. The molecule has 18 heavy (non-hydrogen) atoms. The minimum Gasteiger partial charge on any atom is -0.493 e. The van der Waals surface area contributed by atoms with E-state index in [0.717, 1.165) is 25.7 Å². The normalized spacial score (nSPS) is 10.1. The Morgan fingerprint density at radius 2 is 2.06 bits per heavy atom. The second kappa shape index (κ2) is 8.47. The van der Waals surface area contributed by atoms with E-state index < -0.39 is 0 Å². The largest absolute Gasteiger partial charge is 0.493 e. The average Bonchev–Trinajstić information content (AvgIpc) is 2.37. The molecule has 0 fully saturated rings. The van der Waals surface area contributed by atoms with E-state index in [1.54, 1.807) is 17.6 Å². The molecular weight excluding hydrogens is 237 g/mol. The van der Waals surface area contributed by atoms with Gasteiger partial charge in [-0.3, -0.25) is 10.0 Å². The molecule has 1 rings (SSSR count). The number of unbranched alkanes of at least 4 members (excludes halogenated alkanes) is 3. The van der Waals surface area contributed by atoms with Crippen LogP contribution in [0.3, 0.4) is 0 Å². The number of rotatable bonds is 8. The highest BCUT2D eigenvalue weighted by Crippen LogP contribution is 2.12. The maximum atomic E-state index is 12.8. The molecule has 0 saturated heterocycles. The molecule has 0 aliphatic carbocycles. The quantitative estimate of drug-likeness (QED) is 0.426. The van der Waals surface area contributed by atoms with Gasteiger partial charge >= 0.3 is 0 Å². The third-order valence-corrected chi connectivity index (χ3v) is 2.49. The van der Waals surface area contributed by atoms with Crippen molar-refractivity contribution in [1.82, 2.24) is 5.48 Å². The highest BCUT2D eigenvalue weighted by molar-refractivity contribution is 5.74. The van der Waals surface area contributed by atoms with E-state index in [-0.39, 0.29) is 11.7 Å². The lowest BCUT2D eigenvalue weighted by Gasteiger charge is -2.05. The van der Waals surface area contributed by atoms with Gasteiger partial charge in [0.15, 0.2) is 0 Å². The standard InChI is InChI=1S/C13H18FNO3/c14-11-6-5-7-12(10-11)18-9-4-2-1-3-8-13(16)15-17/h5-7,10,17H,1-4,8-9H2,(H,15,16). The van der Waals surface area contributed by atoms with E-state index in [1.807, 2.05) is 0 Å². The summed E-state index contributed by atoms with van der Waals surface area (Å²) in [4.78, 5) is 10.7. The minimum atomic E-state index is -0.356. The second-order valence-corrected chi connectivity index (χ2v) is 4.01. The van der Waals surface area contributed by atoms with Gasteiger partial charge in [-0.05, 0) is 25.0 Å². The lowest BCUT2D eigenvalue weighted by molar-refractivity contribution is -0.129. The number of benzene rings is 1. The van der Waals surface area contributed by atoms with Gasteiger partial charge < -0.3 is 4.74 Å². The van der Waals surface area contributed by atoms with Gasteiger partial charge in [0.25, 0.3) is 0 Å². The van der Waals surface area contributed by atoms with Gasteiger partial charge in [-0.2, -0.15) is 0 Å². The van der Waals surface area contributed by atoms with Crippen molar-refractivity contribution < 1.29 is 19.1 Å². The van der Waals surface area contributed by atoms with Crippen LogP contribution < -0.4 is 10.2 Å². The van der Waals surface area contributed by atoms with Crippen molar-refractivity contribution in [3.05, 3.63) is 30.1 Å². The Kier molecular flexibility index (Phi) is 6.79. The molecule has 4 nitrogen and oxygen atoms in total. The highest BCUT2D eigenvalue weighted by atomic mass is 19.1. The van der Waals surface area contributed by atoms with Gasteiger partial charge in [-0.15, -0.1) is 0 Å². The zero-order chi connectivity index (χ0) is 13.2. The Labute approximate surface area is 106 Å². The van der Waals surface area contributed by atoms with E-state index >= 15 is 0 Å². The van der Waals surface area contributed by atoms with Crippen LogP contribution in [0.25, 0.3) is 0 Å². The number of hydrogen-bond acceptors (Lipinski definition) is 3. The maximum absolute atomic E-state index is 12.8. The first kappa shape index (κ1) is 14.4. The van der Waals surface area contributed by atoms with E-state index in [1.165, 1.54) is 12.1 Å². The summed E-state index contributed by atoms with van der Waals surface area (Å²) in [6, 6.07) is 6.05. The number of carbonyl (C=O) groups excluding carboxylic acids is 1. The van der Waals surface area contributed by atoms with Crippen molar-refractivity contribution in [3.63, 3.8) is 0 Å². The monoisotopic (exact) mass is 255 g/mol. The first-order valence-corrected chi connectivity index (χ1v) is 6.03. The molecule has 0 bridgehead atoms. The summed E-state index contributed by atoms with van der Waals surface area (Å²) < 4.78 is 18.2. The summed E-state index contributed by atoms with van der Waals surface area (Å²) in [6.07, 6.45) is 3.78. The van der Waals surface area contributed by atoms with Crippen LogP contribution in [0.1, 0.15) is 32.1 Å². The molecule has 0 unspecified atom stereocenters. The molecule has 0 aromatic heterocycles. The first-order valence-electron chi connectivity index (χ1n) is 6.03. The molecule has 100 valence electrons. The van der Waals surface area contributed by atoms with Crippen molar-refractivity contribution in [3.8, 4) is 5.75 Å². The number of halogens is 1. The summed E-state index contributed by atoms with van der Waals surface area (Å²) in [5.74, 6) is -0.122. The molecule has 0 spiro atoms. The third-order valence-electron chi connectivity index (χ3n) is 2.49. The summed E-state index contributed by atoms with van der Waals surface area (Å²) in [5.41, 5.74) is 1.59. The number of amides is 1. The van der Waals surface area contributed by atoms with E-state index in [2.05, 4.69) is 0 Å². The third kappa shape index (κ3) is 6.20. The van der Waals surface area contributed by atoms with Crippen LogP contribution >= 0.6 is 0 Å². The molecule has 0 saturated carbocycles. The van der Waals surface area contributed by atoms with Crippen molar-refractivity contribution in [1.29, 1.82) is 0 Å². The van der Waals surface area contributed by atoms with E-state index in [0.29, 0.717) is 18.8 Å². The second-order valence-electron chi connectivity index (χ2n) is 4.01. The zero-order valence-electron chi connectivity index (χ0n) is 10.2. The Bertz CT molecular complexity index is 371. The van der Waals surface area contributed by atoms with Crippen LogP contribution in [0.15, 0.2) is 24.3 Å². The van der Waals surface area contributed by atoms with Crippen molar-refractivity contribution in [2.75, 3.05) is 6.61 Å². The molecule has 5 heteroatoms. The number of hydroxylamine groups is 1. The fourth-order valence-electron chi connectivity index (χ4n) is 1.54. The molecular formula is C13H18FNO3. The van der Waals surface area contributed by atoms with Gasteiger partial charge in [-0.25, -0.2) is 9.87 Å². The maximum Gasteiger partial charge on any atom is 0.243 e. The van der Waals surface area contributed by atoms with Crippen LogP contribution in [0.2, 0.25) is 0 Å². The fourth-order valence-corrected chi connectivity index (χ4v) is 1.54. The molecule has 0 aliphatic heterocycles.